The third kappa shape index (κ3) is 3.93. The number of nitrogens with one attached hydrogen (secondary N) is 1. The van der Waals surface area contributed by atoms with Crippen LogP contribution in [0.2, 0.25) is 0 Å². The third-order valence-electron chi connectivity index (χ3n) is 4.56. The number of aryl methyl sites for hydroxylation is 3. The first-order valence-electron chi connectivity index (χ1n) is 8.93. The Hall–Kier alpha value is -3.75. The lowest BCUT2D eigenvalue weighted by Gasteiger charge is -2.19. The Kier molecular flexibility index (Phi) is 5.31. The number of fused-ring (bicyclic) bond motifs is 1. The first kappa shape index (κ1) is 20.0. The Morgan fingerprint density at radius 3 is 2.52 bits per heavy atom. The molecule has 0 radical (unpaired) electrons. The lowest BCUT2D eigenvalue weighted by atomic mass is 10.1. The van der Waals surface area contributed by atoms with Gasteiger partial charge in [-0.3, -0.25) is 24.1 Å². The Morgan fingerprint density at radius 1 is 1.24 bits per heavy atom. The summed E-state index contributed by atoms with van der Waals surface area (Å²) in [5, 5.41) is 14.4. The molecule has 3 rings (SSSR count). The average Bonchev–Trinajstić information content (AvgIpc) is 2.64. The summed E-state index contributed by atoms with van der Waals surface area (Å²) in [6.07, 6.45) is 1.41. The molecule has 2 aromatic heterocycles. The summed E-state index contributed by atoms with van der Waals surface area (Å²) in [6, 6.07) is 8.75. The molecule has 0 fully saturated rings. The number of rotatable bonds is 5. The molecule has 29 heavy (non-hydrogen) atoms. The van der Waals surface area contributed by atoms with Crippen molar-refractivity contribution in [2.75, 3.05) is 23.8 Å². The van der Waals surface area contributed by atoms with Gasteiger partial charge in [0.2, 0.25) is 11.7 Å². The second-order valence-corrected chi connectivity index (χ2v) is 6.95. The molecule has 1 amide bonds. The van der Waals surface area contributed by atoms with Gasteiger partial charge in [-0.15, -0.1) is 0 Å². The smallest absolute Gasteiger partial charge is 0.344 e. The fourth-order valence-electron chi connectivity index (χ4n) is 3.34. The normalized spacial score (nSPS) is 10.8. The van der Waals surface area contributed by atoms with E-state index in [1.807, 2.05) is 32.9 Å². The zero-order valence-corrected chi connectivity index (χ0v) is 16.6. The molecular weight excluding hydrogens is 374 g/mol. The fourth-order valence-corrected chi connectivity index (χ4v) is 3.34. The molecule has 0 spiro atoms. The van der Waals surface area contributed by atoms with Crippen molar-refractivity contribution < 1.29 is 9.72 Å². The predicted octanol–water partition coefficient (Wildman–Crippen LogP) is 2.60. The number of likely N-dealkylation sites (N-methyl/N-ethyl adjacent to an activating group) is 1. The third-order valence-corrected chi connectivity index (χ3v) is 4.56. The lowest BCUT2D eigenvalue weighted by Crippen LogP contribution is -2.33. The van der Waals surface area contributed by atoms with Crippen molar-refractivity contribution in [3.05, 3.63) is 73.7 Å². The molecule has 0 aliphatic rings. The van der Waals surface area contributed by atoms with Gasteiger partial charge in [-0.25, -0.2) is 4.98 Å². The highest BCUT2D eigenvalue weighted by atomic mass is 16.6. The predicted molar refractivity (Wildman–Crippen MR) is 111 cm³/mol. The van der Waals surface area contributed by atoms with Crippen LogP contribution in [0.3, 0.4) is 0 Å². The van der Waals surface area contributed by atoms with Gasteiger partial charge in [0.1, 0.15) is 5.65 Å². The van der Waals surface area contributed by atoms with Crippen molar-refractivity contribution in [1.82, 2.24) is 9.38 Å². The number of benzene rings is 1. The molecule has 0 atom stereocenters. The van der Waals surface area contributed by atoms with Crippen LogP contribution in [0.1, 0.15) is 16.7 Å². The summed E-state index contributed by atoms with van der Waals surface area (Å²) in [6.45, 7) is 5.57. The molecule has 2 heterocycles. The van der Waals surface area contributed by atoms with Crippen molar-refractivity contribution in [3.8, 4) is 0 Å². The number of aromatic nitrogens is 2. The van der Waals surface area contributed by atoms with Gasteiger partial charge < -0.3 is 10.2 Å². The van der Waals surface area contributed by atoms with Gasteiger partial charge in [-0.1, -0.05) is 23.8 Å². The Morgan fingerprint density at radius 2 is 1.90 bits per heavy atom. The van der Waals surface area contributed by atoms with Crippen LogP contribution in [0.15, 0.2) is 41.3 Å². The van der Waals surface area contributed by atoms with Crippen molar-refractivity contribution in [3.63, 3.8) is 0 Å². The van der Waals surface area contributed by atoms with Crippen LogP contribution in [0.25, 0.3) is 5.65 Å². The minimum Gasteiger partial charge on any atom is -0.344 e. The zero-order chi connectivity index (χ0) is 21.3. The van der Waals surface area contributed by atoms with E-state index in [2.05, 4.69) is 10.3 Å². The Bertz CT molecular complexity index is 1160. The van der Waals surface area contributed by atoms with Crippen LogP contribution < -0.4 is 15.8 Å². The van der Waals surface area contributed by atoms with Crippen molar-refractivity contribution in [2.24, 2.45) is 0 Å². The molecule has 0 aliphatic heterocycles. The first-order chi connectivity index (χ1) is 13.7. The fraction of sp³-hybridized carbons (Fsp3) is 0.250. The molecule has 9 nitrogen and oxygen atoms in total. The van der Waals surface area contributed by atoms with Crippen LogP contribution in [0.4, 0.5) is 17.2 Å². The van der Waals surface area contributed by atoms with Gasteiger partial charge in [-0.2, -0.15) is 0 Å². The summed E-state index contributed by atoms with van der Waals surface area (Å²) in [5.41, 5.74) is 2.43. The van der Waals surface area contributed by atoms with Crippen LogP contribution in [0, 0.1) is 30.9 Å². The van der Waals surface area contributed by atoms with E-state index < -0.39 is 16.2 Å². The number of carbonyl (C=O) groups is 1. The van der Waals surface area contributed by atoms with Crippen LogP contribution in [-0.2, 0) is 4.79 Å². The quantitative estimate of drug-likeness (QED) is 0.525. The monoisotopic (exact) mass is 395 g/mol. The number of nitrogens with zero attached hydrogens (tertiary/aromatic N) is 4. The maximum Gasteiger partial charge on any atom is 0.376 e. The molecule has 0 unspecified atom stereocenters. The SMILES string of the molecule is Cc1cc(C)c(NC(=O)CN(C)c2nc3ccccn3c(=O)c2[N+](=O)[O-])c(C)c1. The van der Waals surface area contributed by atoms with Gasteiger partial charge in [0.15, 0.2) is 0 Å². The molecule has 9 heteroatoms. The Labute approximate surface area is 166 Å². The number of hydrogen-bond acceptors (Lipinski definition) is 6. The molecule has 0 bridgehead atoms. The van der Waals surface area contributed by atoms with E-state index in [0.717, 1.165) is 21.1 Å². The number of amides is 1. The highest BCUT2D eigenvalue weighted by Gasteiger charge is 2.27. The standard InChI is InChI=1S/C20H21N5O4/c1-12-9-13(2)17(14(3)10-12)22-16(26)11-23(4)19-18(25(28)29)20(27)24-8-6-5-7-15(24)21-19/h5-10H,11H2,1-4H3,(H,22,26). The molecule has 3 aromatic rings. The second kappa shape index (κ2) is 7.70. The topological polar surface area (TPSA) is 110 Å². The van der Waals surface area contributed by atoms with Crippen molar-refractivity contribution in [1.29, 1.82) is 0 Å². The summed E-state index contributed by atoms with van der Waals surface area (Å²) in [4.78, 5) is 41.4. The van der Waals surface area contributed by atoms with E-state index in [1.165, 1.54) is 18.1 Å². The number of pyridine rings is 1. The molecule has 0 saturated heterocycles. The van der Waals surface area contributed by atoms with E-state index in [1.54, 1.807) is 18.2 Å². The minimum absolute atomic E-state index is 0.154. The summed E-state index contributed by atoms with van der Waals surface area (Å²) in [5.74, 6) is -0.523. The van der Waals surface area contributed by atoms with E-state index in [0.29, 0.717) is 5.69 Å². The minimum atomic E-state index is -0.798. The summed E-state index contributed by atoms with van der Waals surface area (Å²) >= 11 is 0. The van der Waals surface area contributed by atoms with Gasteiger partial charge in [0, 0.05) is 18.9 Å². The van der Waals surface area contributed by atoms with E-state index in [-0.39, 0.29) is 23.9 Å². The van der Waals surface area contributed by atoms with Crippen LogP contribution in [-0.4, -0.2) is 33.8 Å². The van der Waals surface area contributed by atoms with E-state index >= 15 is 0 Å². The molecule has 0 saturated carbocycles. The van der Waals surface area contributed by atoms with E-state index in [4.69, 9.17) is 0 Å². The molecular formula is C20H21N5O4. The van der Waals surface area contributed by atoms with Gasteiger partial charge in [-0.05, 0) is 44.0 Å². The zero-order valence-electron chi connectivity index (χ0n) is 16.6. The van der Waals surface area contributed by atoms with Crippen LogP contribution in [0.5, 0.6) is 0 Å². The molecule has 1 N–H and O–H groups in total. The highest BCUT2D eigenvalue weighted by molar-refractivity contribution is 5.95. The average molecular weight is 395 g/mol. The summed E-state index contributed by atoms with van der Waals surface area (Å²) < 4.78 is 1.11. The number of carbonyl (C=O) groups excluding carboxylic acids is 1. The summed E-state index contributed by atoms with van der Waals surface area (Å²) in [7, 11) is 1.49. The van der Waals surface area contributed by atoms with E-state index in [9.17, 15) is 19.7 Å². The molecule has 1 aromatic carbocycles. The lowest BCUT2D eigenvalue weighted by molar-refractivity contribution is -0.385. The highest BCUT2D eigenvalue weighted by Crippen LogP contribution is 2.24. The number of hydrogen-bond donors (Lipinski definition) is 1. The largest absolute Gasteiger partial charge is 0.376 e. The maximum absolute atomic E-state index is 12.6. The molecule has 0 aliphatic carbocycles. The van der Waals surface area contributed by atoms with Gasteiger partial charge in [0.25, 0.3) is 0 Å². The maximum atomic E-state index is 12.6. The van der Waals surface area contributed by atoms with Crippen molar-refractivity contribution >= 4 is 28.7 Å². The number of nitro groups is 1. The van der Waals surface area contributed by atoms with Crippen LogP contribution >= 0.6 is 0 Å². The second-order valence-electron chi connectivity index (χ2n) is 6.95. The Balaban J connectivity index is 1.93. The molecule has 150 valence electrons. The van der Waals surface area contributed by atoms with Crippen molar-refractivity contribution in [2.45, 2.75) is 20.8 Å². The number of anilines is 2. The van der Waals surface area contributed by atoms with Gasteiger partial charge in [0.05, 0.1) is 11.5 Å². The van der Waals surface area contributed by atoms with Gasteiger partial charge >= 0.3 is 11.2 Å². The first-order valence-corrected chi connectivity index (χ1v) is 8.93.